The van der Waals surface area contributed by atoms with Gasteiger partial charge in [0.1, 0.15) is 0 Å². The van der Waals surface area contributed by atoms with E-state index in [4.69, 9.17) is 0 Å². The van der Waals surface area contributed by atoms with Gasteiger partial charge in [0.15, 0.2) is 0 Å². The van der Waals surface area contributed by atoms with Gasteiger partial charge in [0, 0.05) is 4.90 Å². The minimum atomic E-state index is -2.11. The Kier molecular flexibility index (Phi) is 3.00. The van der Waals surface area contributed by atoms with Crippen LogP contribution in [-0.4, -0.2) is 8.76 Å². The fourth-order valence-corrected chi connectivity index (χ4v) is 1.40. The maximum absolute atomic E-state index is 10.6. The summed E-state index contributed by atoms with van der Waals surface area (Å²) in [6.07, 6.45) is 0. The Bertz CT molecular complexity index is 294. The lowest BCUT2D eigenvalue weighted by molar-refractivity contribution is 0.537. The molecular formula is C9H11O2S-. The second-order valence-corrected chi connectivity index (χ2v) is 3.90. The van der Waals surface area contributed by atoms with E-state index in [1.54, 1.807) is 18.2 Å². The standard InChI is InChI=1S/C9H12O2S/c1-7(2)8-4-3-5-9(6-8)12(10)11/h3-7H,1-2H3,(H,10,11)/p-1. The van der Waals surface area contributed by atoms with Crippen molar-refractivity contribution in [3.8, 4) is 0 Å². The molecule has 3 heteroatoms. The Morgan fingerprint density at radius 2 is 2.08 bits per heavy atom. The number of hydrogen-bond donors (Lipinski definition) is 0. The molecule has 1 rings (SSSR count). The van der Waals surface area contributed by atoms with Gasteiger partial charge in [-0.15, -0.1) is 0 Å². The summed E-state index contributed by atoms with van der Waals surface area (Å²) in [7, 11) is 0. The van der Waals surface area contributed by atoms with Crippen molar-refractivity contribution in [3.63, 3.8) is 0 Å². The Morgan fingerprint density at radius 1 is 1.42 bits per heavy atom. The van der Waals surface area contributed by atoms with Crippen molar-refractivity contribution in [3.05, 3.63) is 29.8 Å². The molecule has 0 fully saturated rings. The highest BCUT2D eigenvalue weighted by Gasteiger charge is 1.99. The van der Waals surface area contributed by atoms with E-state index in [-0.39, 0.29) is 0 Å². The third-order valence-corrected chi connectivity index (χ3v) is 2.36. The van der Waals surface area contributed by atoms with Crippen molar-refractivity contribution in [2.75, 3.05) is 0 Å². The van der Waals surface area contributed by atoms with Crippen LogP contribution >= 0.6 is 0 Å². The summed E-state index contributed by atoms with van der Waals surface area (Å²) in [5, 5.41) is 0. The Labute approximate surface area is 74.9 Å². The van der Waals surface area contributed by atoms with Gasteiger partial charge in [-0.1, -0.05) is 26.0 Å². The molecule has 1 atom stereocenters. The quantitative estimate of drug-likeness (QED) is 0.658. The molecule has 0 aliphatic heterocycles. The van der Waals surface area contributed by atoms with Gasteiger partial charge < -0.3 is 4.55 Å². The summed E-state index contributed by atoms with van der Waals surface area (Å²) in [4.78, 5) is 0.362. The summed E-state index contributed by atoms with van der Waals surface area (Å²) in [6.45, 7) is 4.07. The van der Waals surface area contributed by atoms with Crippen LogP contribution in [0.15, 0.2) is 29.2 Å². The molecule has 0 N–H and O–H groups in total. The van der Waals surface area contributed by atoms with Gasteiger partial charge >= 0.3 is 0 Å². The van der Waals surface area contributed by atoms with Crippen LogP contribution in [0.3, 0.4) is 0 Å². The largest absolute Gasteiger partial charge is 0.768 e. The smallest absolute Gasteiger partial charge is 0.0251 e. The maximum Gasteiger partial charge on any atom is 0.0251 e. The van der Waals surface area contributed by atoms with E-state index < -0.39 is 11.1 Å². The van der Waals surface area contributed by atoms with Crippen molar-refractivity contribution >= 4 is 11.1 Å². The normalized spacial score (nSPS) is 13.3. The minimum Gasteiger partial charge on any atom is -0.768 e. The zero-order valence-electron chi connectivity index (χ0n) is 7.11. The molecule has 0 amide bonds. The molecular weight excluding hydrogens is 172 g/mol. The van der Waals surface area contributed by atoms with Crippen molar-refractivity contribution < 1.29 is 8.76 Å². The summed E-state index contributed by atoms with van der Waals surface area (Å²) in [6, 6.07) is 6.99. The third-order valence-electron chi connectivity index (χ3n) is 1.72. The van der Waals surface area contributed by atoms with Gasteiger partial charge in [0.05, 0.1) is 0 Å². The first kappa shape index (κ1) is 9.42. The molecule has 0 aromatic heterocycles. The van der Waals surface area contributed by atoms with E-state index in [0.717, 1.165) is 5.56 Å². The summed E-state index contributed by atoms with van der Waals surface area (Å²) in [5.74, 6) is 0.369. The lowest BCUT2D eigenvalue weighted by atomic mass is 10.0. The van der Waals surface area contributed by atoms with Gasteiger partial charge in [0.2, 0.25) is 0 Å². The molecule has 66 valence electrons. The molecule has 0 aliphatic rings. The topological polar surface area (TPSA) is 40.1 Å². The second kappa shape index (κ2) is 3.83. The molecule has 0 saturated carbocycles. The highest BCUT2D eigenvalue weighted by Crippen LogP contribution is 2.16. The lowest BCUT2D eigenvalue weighted by Crippen LogP contribution is -1.92. The van der Waals surface area contributed by atoms with E-state index in [2.05, 4.69) is 0 Å². The first-order chi connectivity index (χ1) is 5.61. The molecule has 0 aliphatic carbocycles. The second-order valence-electron chi connectivity index (χ2n) is 2.96. The number of benzene rings is 1. The van der Waals surface area contributed by atoms with Crippen molar-refractivity contribution in [2.45, 2.75) is 24.7 Å². The summed E-state index contributed by atoms with van der Waals surface area (Å²) < 4.78 is 21.2. The SMILES string of the molecule is CC(C)c1cccc(S(=O)[O-])c1. The van der Waals surface area contributed by atoms with E-state index in [1.165, 1.54) is 0 Å². The zero-order chi connectivity index (χ0) is 9.14. The highest BCUT2D eigenvalue weighted by atomic mass is 32.2. The first-order valence-electron chi connectivity index (χ1n) is 3.80. The molecule has 0 saturated heterocycles. The number of hydrogen-bond acceptors (Lipinski definition) is 2. The van der Waals surface area contributed by atoms with Crippen LogP contribution in [0.25, 0.3) is 0 Å². The van der Waals surface area contributed by atoms with Gasteiger partial charge in [-0.2, -0.15) is 0 Å². The predicted molar refractivity (Wildman–Crippen MR) is 47.7 cm³/mol. The first-order valence-corrected chi connectivity index (χ1v) is 4.88. The van der Waals surface area contributed by atoms with Crippen LogP contribution in [0.4, 0.5) is 0 Å². The maximum atomic E-state index is 10.6. The van der Waals surface area contributed by atoms with Crippen LogP contribution in [0.1, 0.15) is 25.3 Å². The Morgan fingerprint density at radius 3 is 2.58 bits per heavy atom. The predicted octanol–water partition coefficient (Wildman–Crippen LogP) is 2.05. The van der Waals surface area contributed by atoms with Gasteiger partial charge in [-0.3, -0.25) is 4.21 Å². The molecule has 0 heterocycles. The number of rotatable bonds is 2. The van der Waals surface area contributed by atoms with E-state index >= 15 is 0 Å². The average Bonchev–Trinajstić information content (AvgIpc) is 2.04. The van der Waals surface area contributed by atoms with Crippen LogP contribution in [0.5, 0.6) is 0 Å². The Balaban J connectivity index is 3.04. The molecule has 1 unspecified atom stereocenters. The molecule has 0 bridgehead atoms. The third kappa shape index (κ3) is 2.16. The van der Waals surface area contributed by atoms with Crippen LogP contribution in [0.2, 0.25) is 0 Å². The van der Waals surface area contributed by atoms with E-state index in [1.807, 2.05) is 19.9 Å². The minimum absolute atomic E-state index is 0.362. The van der Waals surface area contributed by atoms with E-state index in [0.29, 0.717) is 10.8 Å². The van der Waals surface area contributed by atoms with Crippen LogP contribution in [-0.2, 0) is 11.1 Å². The molecule has 1 aromatic carbocycles. The van der Waals surface area contributed by atoms with Crippen LogP contribution < -0.4 is 0 Å². The van der Waals surface area contributed by atoms with Crippen LogP contribution in [0, 0.1) is 0 Å². The van der Waals surface area contributed by atoms with Gasteiger partial charge in [0.25, 0.3) is 0 Å². The molecule has 12 heavy (non-hydrogen) atoms. The molecule has 0 spiro atoms. The zero-order valence-corrected chi connectivity index (χ0v) is 7.93. The monoisotopic (exact) mass is 183 g/mol. The fraction of sp³-hybridized carbons (Fsp3) is 0.333. The van der Waals surface area contributed by atoms with Crippen molar-refractivity contribution in [1.82, 2.24) is 0 Å². The Hall–Kier alpha value is -0.670. The fourth-order valence-electron chi connectivity index (χ4n) is 0.977. The van der Waals surface area contributed by atoms with Gasteiger partial charge in [-0.05, 0) is 34.7 Å². The highest BCUT2D eigenvalue weighted by molar-refractivity contribution is 7.79. The van der Waals surface area contributed by atoms with Crippen molar-refractivity contribution in [2.24, 2.45) is 0 Å². The summed E-state index contributed by atoms with van der Waals surface area (Å²) in [5.41, 5.74) is 1.05. The molecule has 2 nitrogen and oxygen atoms in total. The average molecular weight is 183 g/mol. The van der Waals surface area contributed by atoms with E-state index in [9.17, 15) is 8.76 Å². The van der Waals surface area contributed by atoms with Gasteiger partial charge in [-0.25, -0.2) is 0 Å². The molecule has 0 radical (unpaired) electrons. The van der Waals surface area contributed by atoms with Crippen molar-refractivity contribution in [1.29, 1.82) is 0 Å². The molecule has 1 aromatic rings. The lowest BCUT2D eigenvalue weighted by Gasteiger charge is -2.09. The summed E-state index contributed by atoms with van der Waals surface area (Å²) >= 11 is -2.11.